The SMILES string of the molecule is Clc1csc(N2CCC3(CCCC3)C2)n1. The molecule has 1 aromatic rings. The van der Waals surface area contributed by atoms with E-state index in [1.54, 1.807) is 11.3 Å². The molecule has 82 valence electrons. The lowest BCUT2D eigenvalue weighted by Gasteiger charge is -2.22. The van der Waals surface area contributed by atoms with E-state index in [9.17, 15) is 0 Å². The first kappa shape index (κ1) is 9.91. The fourth-order valence-corrected chi connectivity index (χ4v) is 4.00. The van der Waals surface area contributed by atoms with Crippen molar-refractivity contribution in [3.05, 3.63) is 10.5 Å². The maximum Gasteiger partial charge on any atom is 0.186 e. The quantitative estimate of drug-likeness (QED) is 0.749. The molecule has 2 nitrogen and oxygen atoms in total. The van der Waals surface area contributed by atoms with Gasteiger partial charge in [-0.1, -0.05) is 24.4 Å². The zero-order valence-electron chi connectivity index (χ0n) is 8.71. The summed E-state index contributed by atoms with van der Waals surface area (Å²) in [7, 11) is 0. The molecule has 1 aliphatic heterocycles. The summed E-state index contributed by atoms with van der Waals surface area (Å²) in [4.78, 5) is 6.78. The zero-order chi connectivity index (χ0) is 10.3. The van der Waals surface area contributed by atoms with E-state index >= 15 is 0 Å². The van der Waals surface area contributed by atoms with Gasteiger partial charge in [0.05, 0.1) is 0 Å². The van der Waals surface area contributed by atoms with E-state index in [2.05, 4.69) is 9.88 Å². The van der Waals surface area contributed by atoms with Crippen LogP contribution in [-0.2, 0) is 0 Å². The molecule has 0 N–H and O–H groups in total. The summed E-state index contributed by atoms with van der Waals surface area (Å²) >= 11 is 7.53. The van der Waals surface area contributed by atoms with Gasteiger partial charge in [-0.3, -0.25) is 0 Å². The maximum atomic E-state index is 5.86. The van der Waals surface area contributed by atoms with Gasteiger partial charge in [-0.25, -0.2) is 4.98 Å². The fourth-order valence-electron chi connectivity index (χ4n) is 3.02. The summed E-state index contributed by atoms with van der Waals surface area (Å²) in [5, 5.41) is 3.68. The van der Waals surface area contributed by atoms with Crippen molar-refractivity contribution in [2.24, 2.45) is 5.41 Å². The van der Waals surface area contributed by atoms with Gasteiger partial charge in [0.25, 0.3) is 0 Å². The molecule has 0 radical (unpaired) electrons. The van der Waals surface area contributed by atoms with Gasteiger partial charge in [0, 0.05) is 18.5 Å². The highest BCUT2D eigenvalue weighted by molar-refractivity contribution is 7.14. The summed E-state index contributed by atoms with van der Waals surface area (Å²) < 4.78 is 0. The number of hydrogen-bond donors (Lipinski definition) is 0. The third-order valence-corrected chi connectivity index (χ3v) is 5.06. The number of nitrogens with zero attached hydrogens (tertiary/aromatic N) is 2. The number of halogens is 1. The molecule has 1 saturated carbocycles. The molecule has 4 heteroatoms. The number of rotatable bonds is 1. The minimum Gasteiger partial charge on any atom is -0.347 e. The predicted octanol–water partition coefficient (Wildman–Crippen LogP) is 3.57. The molecule has 2 fully saturated rings. The number of thiazole rings is 1. The monoisotopic (exact) mass is 242 g/mol. The minimum atomic E-state index is 0.623. The third-order valence-electron chi connectivity index (χ3n) is 3.84. The van der Waals surface area contributed by atoms with Gasteiger partial charge < -0.3 is 4.90 Å². The van der Waals surface area contributed by atoms with Crippen LogP contribution in [0.1, 0.15) is 32.1 Å². The highest BCUT2D eigenvalue weighted by Gasteiger charge is 2.40. The molecule has 0 amide bonds. The van der Waals surface area contributed by atoms with Crippen LogP contribution in [0.5, 0.6) is 0 Å². The zero-order valence-corrected chi connectivity index (χ0v) is 10.3. The average Bonchev–Trinajstić information content (AvgIpc) is 2.90. The fraction of sp³-hybridized carbons (Fsp3) is 0.727. The maximum absolute atomic E-state index is 5.86. The Morgan fingerprint density at radius 1 is 1.33 bits per heavy atom. The Morgan fingerprint density at radius 3 is 2.80 bits per heavy atom. The van der Waals surface area contributed by atoms with E-state index in [1.165, 1.54) is 45.2 Å². The van der Waals surface area contributed by atoms with Gasteiger partial charge in [0.15, 0.2) is 5.13 Å². The molecule has 0 unspecified atom stereocenters. The van der Waals surface area contributed by atoms with Crippen molar-refractivity contribution >= 4 is 28.1 Å². The molecule has 0 bridgehead atoms. The van der Waals surface area contributed by atoms with Gasteiger partial charge in [0.1, 0.15) is 5.15 Å². The van der Waals surface area contributed by atoms with E-state index in [0.717, 1.165) is 5.13 Å². The Bertz CT molecular complexity index is 357. The molecular weight excluding hydrogens is 228 g/mol. The molecule has 3 rings (SSSR count). The molecule has 1 aromatic heterocycles. The topological polar surface area (TPSA) is 16.1 Å². The molecule has 1 aliphatic carbocycles. The average molecular weight is 243 g/mol. The molecule has 15 heavy (non-hydrogen) atoms. The minimum absolute atomic E-state index is 0.623. The normalized spacial score (nSPS) is 24.2. The van der Waals surface area contributed by atoms with Gasteiger partial charge in [0.2, 0.25) is 0 Å². The van der Waals surface area contributed by atoms with Crippen molar-refractivity contribution in [2.45, 2.75) is 32.1 Å². The van der Waals surface area contributed by atoms with Crippen molar-refractivity contribution in [3.63, 3.8) is 0 Å². The lowest BCUT2D eigenvalue weighted by atomic mass is 9.86. The second-order valence-electron chi connectivity index (χ2n) is 4.83. The third kappa shape index (κ3) is 1.76. The molecular formula is C11H15ClN2S. The van der Waals surface area contributed by atoms with Crippen LogP contribution < -0.4 is 4.90 Å². The standard InChI is InChI=1S/C11H15ClN2S/c12-9-7-15-10(13-9)14-6-5-11(8-14)3-1-2-4-11/h7H,1-6,8H2. The molecule has 2 aliphatic rings. The largest absolute Gasteiger partial charge is 0.347 e. The molecule has 2 heterocycles. The predicted molar refractivity (Wildman–Crippen MR) is 64.9 cm³/mol. The van der Waals surface area contributed by atoms with Crippen LogP contribution in [0.4, 0.5) is 5.13 Å². The van der Waals surface area contributed by atoms with Crippen LogP contribution in [0.2, 0.25) is 5.15 Å². The van der Waals surface area contributed by atoms with Gasteiger partial charge >= 0.3 is 0 Å². The smallest absolute Gasteiger partial charge is 0.186 e. The highest BCUT2D eigenvalue weighted by Crippen LogP contribution is 2.46. The van der Waals surface area contributed by atoms with Crippen molar-refractivity contribution in [2.75, 3.05) is 18.0 Å². The van der Waals surface area contributed by atoms with E-state index < -0.39 is 0 Å². The van der Waals surface area contributed by atoms with Crippen molar-refractivity contribution in [3.8, 4) is 0 Å². The van der Waals surface area contributed by atoms with Crippen LogP contribution in [0.25, 0.3) is 0 Å². The van der Waals surface area contributed by atoms with Crippen LogP contribution >= 0.6 is 22.9 Å². The van der Waals surface area contributed by atoms with Gasteiger partial charge in [-0.15, -0.1) is 11.3 Å². The molecule has 1 spiro atoms. The van der Waals surface area contributed by atoms with Gasteiger partial charge in [-0.2, -0.15) is 0 Å². The second-order valence-corrected chi connectivity index (χ2v) is 6.06. The summed E-state index contributed by atoms with van der Waals surface area (Å²) in [6, 6.07) is 0. The van der Waals surface area contributed by atoms with Crippen molar-refractivity contribution < 1.29 is 0 Å². The first-order valence-corrected chi connectivity index (χ1v) is 6.89. The molecule has 1 saturated heterocycles. The summed E-state index contributed by atoms with van der Waals surface area (Å²) in [5.74, 6) is 0. The van der Waals surface area contributed by atoms with E-state index in [4.69, 9.17) is 11.6 Å². The highest BCUT2D eigenvalue weighted by atomic mass is 35.5. The van der Waals surface area contributed by atoms with Crippen LogP contribution in [-0.4, -0.2) is 18.1 Å². The summed E-state index contributed by atoms with van der Waals surface area (Å²) in [6.07, 6.45) is 7.04. The summed E-state index contributed by atoms with van der Waals surface area (Å²) in [6.45, 7) is 2.38. The van der Waals surface area contributed by atoms with E-state index in [1.807, 2.05) is 5.38 Å². The number of aromatic nitrogens is 1. The number of hydrogen-bond acceptors (Lipinski definition) is 3. The Kier molecular flexibility index (Phi) is 2.40. The Hall–Kier alpha value is -0.280. The van der Waals surface area contributed by atoms with E-state index in [0.29, 0.717) is 10.6 Å². The van der Waals surface area contributed by atoms with Crippen LogP contribution in [0.3, 0.4) is 0 Å². The van der Waals surface area contributed by atoms with E-state index in [-0.39, 0.29) is 0 Å². The van der Waals surface area contributed by atoms with Crippen LogP contribution in [0, 0.1) is 5.41 Å². The first-order chi connectivity index (χ1) is 7.27. The lowest BCUT2D eigenvalue weighted by molar-refractivity contribution is 0.341. The number of anilines is 1. The summed E-state index contributed by atoms with van der Waals surface area (Å²) in [5.41, 5.74) is 0.623. The van der Waals surface area contributed by atoms with Crippen molar-refractivity contribution in [1.29, 1.82) is 0 Å². The Morgan fingerprint density at radius 2 is 2.13 bits per heavy atom. The van der Waals surface area contributed by atoms with Crippen molar-refractivity contribution in [1.82, 2.24) is 4.98 Å². The first-order valence-electron chi connectivity index (χ1n) is 5.63. The Labute approximate surface area is 99.3 Å². The van der Waals surface area contributed by atoms with Gasteiger partial charge in [-0.05, 0) is 24.7 Å². The lowest BCUT2D eigenvalue weighted by Crippen LogP contribution is -2.24. The Balaban J connectivity index is 1.75. The molecule has 0 atom stereocenters. The molecule has 0 aromatic carbocycles. The second kappa shape index (κ2) is 3.63. The van der Waals surface area contributed by atoms with Crippen LogP contribution in [0.15, 0.2) is 5.38 Å².